The second kappa shape index (κ2) is 10.6. The molecule has 0 aliphatic rings. The fourth-order valence-electron chi connectivity index (χ4n) is 2.63. The molecule has 0 aliphatic carbocycles. The summed E-state index contributed by atoms with van der Waals surface area (Å²) in [6.45, 7) is 9.65. The van der Waals surface area contributed by atoms with Gasteiger partial charge in [0.2, 0.25) is 5.91 Å². The van der Waals surface area contributed by atoms with E-state index in [0.29, 0.717) is 6.42 Å². The number of nitrogens with one attached hydrogen (secondary N) is 2. The quantitative estimate of drug-likeness (QED) is 0.479. The van der Waals surface area contributed by atoms with Crippen LogP contribution in [0.15, 0.2) is 42.6 Å². The van der Waals surface area contributed by atoms with E-state index in [1.54, 1.807) is 0 Å². The zero-order chi connectivity index (χ0) is 17.9. The van der Waals surface area contributed by atoms with Crippen LogP contribution in [0, 0.1) is 0 Å². The number of carbonyl (C=O) groups is 2. The summed E-state index contributed by atoms with van der Waals surface area (Å²) in [4.78, 5) is 23.4. The van der Waals surface area contributed by atoms with Crippen molar-refractivity contribution in [3.8, 4) is 0 Å². The molecule has 0 heterocycles. The lowest BCUT2D eigenvalue weighted by atomic mass is 10.0. The molecule has 0 aliphatic heterocycles. The minimum absolute atomic E-state index is 0.0500. The van der Waals surface area contributed by atoms with Crippen LogP contribution in [-0.4, -0.2) is 23.8 Å². The van der Waals surface area contributed by atoms with Crippen molar-refractivity contribution in [1.82, 2.24) is 10.6 Å². The highest BCUT2D eigenvalue weighted by atomic mass is 16.1. The Morgan fingerprint density at radius 2 is 1.71 bits per heavy atom. The first-order valence-corrected chi connectivity index (χ1v) is 8.71. The number of Topliss-reactive ketones (excluding diaryl/α,β-unsaturated/α-hetero) is 1. The third-order valence-electron chi connectivity index (χ3n) is 3.76. The first-order chi connectivity index (χ1) is 11.4. The van der Waals surface area contributed by atoms with Crippen LogP contribution >= 0.6 is 0 Å². The summed E-state index contributed by atoms with van der Waals surface area (Å²) in [7, 11) is 0. The van der Waals surface area contributed by atoms with E-state index < -0.39 is 0 Å². The minimum Gasteiger partial charge on any atom is -0.385 e. The molecule has 0 saturated heterocycles. The number of ketones is 1. The molecule has 0 aromatic heterocycles. The monoisotopic (exact) mass is 330 g/mol. The molecule has 1 aromatic rings. The molecular weight excluding hydrogens is 300 g/mol. The third-order valence-corrected chi connectivity index (χ3v) is 3.76. The second-order valence-electron chi connectivity index (χ2n) is 6.47. The molecule has 1 aromatic carbocycles. The van der Waals surface area contributed by atoms with Gasteiger partial charge in [-0.1, -0.05) is 49.8 Å². The molecule has 24 heavy (non-hydrogen) atoms. The first kappa shape index (κ1) is 19.9. The fraction of sp³-hybridized carbons (Fsp3) is 0.500. The van der Waals surface area contributed by atoms with Gasteiger partial charge in [0.05, 0.1) is 6.04 Å². The van der Waals surface area contributed by atoms with E-state index in [-0.39, 0.29) is 23.8 Å². The van der Waals surface area contributed by atoms with Gasteiger partial charge < -0.3 is 10.6 Å². The summed E-state index contributed by atoms with van der Waals surface area (Å²) in [6, 6.07) is 9.63. The highest BCUT2D eigenvalue weighted by Crippen LogP contribution is 2.12. The molecule has 2 N–H and O–H groups in total. The maximum Gasteiger partial charge on any atom is 0.217 e. The summed E-state index contributed by atoms with van der Waals surface area (Å²) in [5.41, 5.74) is 1.63. The fourth-order valence-corrected chi connectivity index (χ4v) is 2.63. The number of rotatable bonds is 11. The molecule has 1 unspecified atom stereocenters. The zero-order valence-electron chi connectivity index (χ0n) is 15.1. The van der Waals surface area contributed by atoms with E-state index in [0.717, 1.165) is 36.9 Å². The number of carbonyl (C=O) groups excluding carboxylic acids is 2. The Hall–Kier alpha value is -2.10. The van der Waals surface area contributed by atoms with Crippen LogP contribution in [0.5, 0.6) is 0 Å². The Bertz CT molecular complexity index is 538. The number of hydrogen-bond donors (Lipinski definition) is 2. The normalized spacial score (nSPS) is 11.8. The Balaban J connectivity index is 2.33. The number of amides is 1. The molecule has 1 rings (SSSR count). The van der Waals surface area contributed by atoms with Crippen molar-refractivity contribution >= 4 is 11.7 Å². The van der Waals surface area contributed by atoms with Crippen LogP contribution in [0.4, 0.5) is 0 Å². The van der Waals surface area contributed by atoms with Crippen molar-refractivity contribution < 1.29 is 9.59 Å². The molecule has 0 saturated carbocycles. The zero-order valence-corrected chi connectivity index (χ0v) is 15.1. The van der Waals surface area contributed by atoms with Crippen LogP contribution in [0.25, 0.3) is 0 Å². The topological polar surface area (TPSA) is 58.2 Å². The van der Waals surface area contributed by atoms with Crippen LogP contribution in [0.3, 0.4) is 0 Å². The van der Waals surface area contributed by atoms with E-state index in [1.807, 2.05) is 44.2 Å². The molecule has 4 nitrogen and oxygen atoms in total. The minimum atomic E-state index is -0.0604. The van der Waals surface area contributed by atoms with E-state index >= 15 is 0 Å². The lowest BCUT2D eigenvalue weighted by molar-refractivity contribution is -0.119. The van der Waals surface area contributed by atoms with Crippen LogP contribution in [-0.2, 0) is 4.79 Å². The van der Waals surface area contributed by atoms with Crippen LogP contribution < -0.4 is 10.6 Å². The van der Waals surface area contributed by atoms with Gasteiger partial charge in [0.25, 0.3) is 0 Å². The number of hydrogen-bond acceptors (Lipinski definition) is 3. The van der Waals surface area contributed by atoms with Crippen molar-refractivity contribution in [2.24, 2.45) is 0 Å². The molecule has 0 bridgehead atoms. The van der Waals surface area contributed by atoms with Gasteiger partial charge in [-0.3, -0.25) is 9.59 Å². The number of benzene rings is 1. The Morgan fingerprint density at radius 3 is 2.29 bits per heavy atom. The van der Waals surface area contributed by atoms with Gasteiger partial charge in [0.1, 0.15) is 0 Å². The lowest BCUT2D eigenvalue weighted by Gasteiger charge is -2.23. The summed E-state index contributed by atoms with van der Waals surface area (Å²) >= 11 is 0. The van der Waals surface area contributed by atoms with E-state index in [4.69, 9.17) is 0 Å². The molecule has 0 fully saturated rings. The average molecular weight is 330 g/mol. The Kier molecular flexibility index (Phi) is 8.84. The maximum absolute atomic E-state index is 12.0. The molecule has 0 spiro atoms. The van der Waals surface area contributed by atoms with Crippen molar-refractivity contribution in [2.75, 3.05) is 0 Å². The largest absolute Gasteiger partial charge is 0.385 e. The third kappa shape index (κ3) is 7.95. The summed E-state index contributed by atoms with van der Waals surface area (Å²) in [5.74, 6) is 0.144. The molecule has 0 radical (unpaired) electrons. The van der Waals surface area contributed by atoms with Crippen molar-refractivity contribution in [1.29, 1.82) is 0 Å². The maximum atomic E-state index is 12.0. The van der Waals surface area contributed by atoms with Gasteiger partial charge in [-0.05, 0) is 26.7 Å². The summed E-state index contributed by atoms with van der Waals surface area (Å²) in [5, 5.41) is 6.21. The highest BCUT2D eigenvalue weighted by molar-refractivity contribution is 5.95. The Morgan fingerprint density at radius 1 is 1.04 bits per heavy atom. The highest BCUT2D eigenvalue weighted by Gasteiger charge is 2.14. The van der Waals surface area contributed by atoms with Gasteiger partial charge in [-0.15, -0.1) is 0 Å². The van der Waals surface area contributed by atoms with E-state index in [2.05, 4.69) is 17.2 Å². The summed E-state index contributed by atoms with van der Waals surface area (Å²) in [6.07, 6.45) is 4.18. The first-order valence-electron chi connectivity index (χ1n) is 8.71. The van der Waals surface area contributed by atoms with Crippen molar-refractivity contribution in [2.45, 2.75) is 65.0 Å². The molecule has 4 heteroatoms. The van der Waals surface area contributed by atoms with Gasteiger partial charge >= 0.3 is 0 Å². The lowest BCUT2D eigenvalue weighted by Crippen LogP contribution is -2.40. The van der Waals surface area contributed by atoms with E-state index in [9.17, 15) is 9.59 Å². The SMILES string of the molecule is C=C(NC(C)C)C(CCCCCC(=O)c1ccccc1)NC(C)=O. The standard InChI is InChI=1S/C20H30N2O2/c1-15(2)21-16(3)19(22-17(4)23)13-9-6-10-14-20(24)18-11-7-5-8-12-18/h5,7-8,11-12,15,19,21H,3,6,9-10,13-14H2,1-2,4H3,(H,22,23). The Labute approximate surface area is 145 Å². The molecule has 1 amide bonds. The van der Waals surface area contributed by atoms with Crippen LogP contribution in [0.2, 0.25) is 0 Å². The van der Waals surface area contributed by atoms with Gasteiger partial charge in [0, 0.05) is 30.6 Å². The smallest absolute Gasteiger partial charge is 0.217 e. The average Bonchev–Trinajstić information content (AvgIpc) is 2.53. The molecule has 132 valence electrons. The predicted molar refractivity (Wildman–Crippen MR) is 98.9 cm³/mol. The van der Waals surface area contributed by atoms with E-state index in [1.165, 1.54) is 6.92 Å². The van der Waals surface area contributed by atoms with Crippen molar-refractivity contribution in [3.05, 3.63) is 48.2 Å². The molecular formula is C20H30N2O2. The summed E-state index contributed by atoms with van der Waals surface area (Å²) < 4.78 is 0. The predicted octanol–water partition coefficient (Wildman–Crippen LogP) is 3.84. The van der Waals surface area contributed by atoms with Gasteiger partial charge in [-0.25, -0.2) is 0 Å². The van der Waals surface area contributed by atoms with Crippen molar-refractivity contribution in [3.63, 3.8) is 0 Å². The second-order valence-corrected chi connectivity index (χ2v) is 6.47. The van der Waals surface area contributed by atoms with Crippen LogP contribution in [0.1, 0.15) is 63.2 Å². The molecule has 1 atom stereocenters. The van der Waals surface area contributed by atoms with Gasteiger partial charge in [-0.2, -0.15) is 0 Å². The van der Waals surface area contributed by atoms with Gasteiger partial charge in [0.15, 0.2) is 5.78 Å². The number of unbranched alkanes of at least 4 members (excludes halogenated alkanes) is 2.